The van der Waals surface area contributed by atoms with Crippen LogP contribution in [0, 0.1) is 11.3 Å². The number of aromatic nitrogens is 4. The number of urea groups is 2. The molecule has 0 aliphatic carbocycles. The van der Waals surface area contributed by atoms with E-state index in [0.29, 0.717) is 26.1 Å². The summed E-state index contributed by atoms with van der Waals surface area (Å²) in [7, 11) is 0. The Balaban J connectivity index is 0.000000181. The van der Waals surface area contributed by atoms with Gasteiger partial charge in [-0.15, -0.1) is 0 Å². The summed E-state index contributed by atoms with van der Waals surface area (Å²) in [5.74, 6) is 0. The van der Waals surface area contributed by atoms with E-state index < -0.39 is 0 Å². The lowest BCUT2D eigenvalue weighted by atomic mass is 10.0. The first-order valence-corrected chi connectivity index (χ1v) is 19.9. The van der Waals surface area contributed by atoms with Gasteiger partial charge in [0.15, 0.2) is 0 Å². The van der Waals surface area contributed by atoms with E-state index in [4.69, 9.17) is 11.0 Å². The van der Waals surface area contributed by atoms with Crippen LogP contribution in [-0.4, -0.2) is 50.5 Å². The van der Waals surface area contributed by atoms with Crippen molar-refractivity contribution in [3.8, 4) is 50.8 Å². The molecule has 4 aromatic carbocycles. The average Bonchev–Trinajstić information content (AvgIpc) is 3.89. The molecule has 8 rings (SSSR count). The lowest BCUT2D eigenvalue weighted by Gasteiger charge is -2.09. The summed E-state index contributed by atoms with van der Waals surface area (Å²) in [4.78, 5) is 32.8. The molecule has 6 N–H and O–H groups in total. The van der Waals surface area contributed by atoms with Gasteiger partial charge in [-0.3, -0.25) is 8.80 Å². The molecule has 0 atom stereocenters. The van der Waals surface area contributed by atoms with Crippen molar-refractivity contribution < 1.29 is 9.59 Å². The highest BCUT2D eigenvalue weighted by atomic mass is 16.2. The van der Waals surface area contributed by atoms with E-state index in [9.17, 15) is 9.59 Å². The molecule has 0 saturated heterocycles. The SMILES string of the molecule is CCNC(=O)Nc1cccc(-c2cnc3cc(-c4cccc(CC#N)c4)ccn23)c1.CCNC(=O)Nc1cccc(-c2cnc3cc(-c4cccc(CCN)c4)ccn23)c1. The molecule has 12 nitrogen and oxygen atoms in total. The third kappa shape index (κ3) is 9.67. The number of nitriles is 1. The molecular formula is C48H46N10O2. The maximum Gasteiger partial charge on any atom is 0.319 e. The monoisotopic (exact) mass is 794 g/mol. The number of nitrogens with one attached hydrogen (secondary N) is 4. The summed E-state index contributed by atoms with van der Waals surface area (Å²) in [5, 5.41) is 20.1. The molecule has 0 aliphatic rings. The average molecular weight is 795 g/mol. The molecule has 0 unspecified atom stereocenters. The third-order valence-corrected chi connectivity index (χ3v) is 9.77. The van der Waals surface area contributed by atoms with E-state index in [1.807, 2.05) is 128 Å². The topological polar surface area (TPSA) is 167 Å². The van der Waals surface area contributed by atoms with Crippen molar-refractivity contribution in [1.29, 1.82) is 5.26 Å². The molecule has 0 saturated carbocycles. The maximum atomic E-state index is 11.8. The zero-order chi connectivity index (χ0) is 41.8. The predicted molar refractivity (Wildman–Crippen MR) is 240 cm³/mol. The minimum atomic E-state index is -0.226. The Labute approximate surface area is 348 Å². The Morgan fingerprint density at radius 3 is 1.53 bits per heavy atom. The number of fused-ring (bicyclic) bond motifs is 2. The van der Waals surface area contributed by atoms with E-state index in [-0.39, 0.29) is 12.1 Å². The second-order valence-corrected chi connectivity index (χ2v) is 14.0. The van der Waals surface area contributed by atoms with Crippen LogP contribution in [0.25, 0.3) is 56.1 Å². The fourth-order valence-electron chi connectivity index (χ4n) is 6.96. The predicted octanol–water partition coefficient (Wildman–Crippen LogP) is 9.19. The normalized spacial score (nSPS) is 10.7. The fourth-order valence-corrected chi connectivity index (χ4v) is 6.96. The summed E-state index contributed by atoms with van der Waals surface area (Å²) in [6.45, 7) is 5.55. The van der Waals surface area contributed by atoms with Gasteiger partial charge >= 0.3 is 12.1 Å². The van der Waals surface area contributed by atoms with Gasteiger partial charge < -0.3 is 27.0 Å². The fraction of sp³-hybridized carbons (Fsp3) is 0.146. The summed E-state index contributed by atoms with van der Waals surface area (Å²) >= 11 is 0. The largest absolute Gasteiger partial charge is 0.338 e. The Morgan fingerprint density at radius 2 is 1.05 bits per heavy atom. The highest BCUT2D eigenvalue weighted by molar-refractivity contribution is 5.91. The van der Waals surface area contributed by atoms with Gasteiger partial charge in [-0.05, 0) is 109 Å². The number of hydrogen-bond donors (Lipinski definition) is 5. The van der Waals surface area contributed by atoms with Crippen molar-refractivity contribution in [1.82, 2.24) is 29.4 Å². The zero-order valence-corrected chi connectivity index (χ0v) is 33.5. The van der Waals surface area contributed by atoms with Crippen molar-refractivity contribution >= 4 is 34.7 Å². The number of carbonyl (C=O) groups excluding carboxylic acids is 2. The van der Waals surface area contributed by atoms with E-state index in [0.717, 1.165) is 79.4 Å². The van der Waals surface area contributed by atoms with Gasteiger partial charge in [0.2, 0.25) is 0 Å². The number of pyridine rings is 2. The number of carbonyl (C=O) groups is 2. The minimum Gasteiger partial charge on any atom is -0.338 e. The summed E-state index contributed by atoms with van der Waals surface area (Å²) in [6, 6.07) is 41.9. The first kappa shape index (κ1) is 40.4. The van der Waals surface area contributed by atoms with Crippen LogP contribution in [0.4, 0.5) is 21.0 Å². The van der Waals surface area contributed by atoms with Crippen LogP contribution in [0.2, 0.25) is 0 Å². The summed E-state index contributed by atoms with van der Waals surface area (Å²) in [5.41, 5.74) is 19.3. The molecule has 0 aliphatic heterocycles. The molecular weight excluding hydrogens is 749 g/mol. The summed E-state index contributed by atoms with van der Waals surface area (Å²) < 4.78 is 4.08. The van der Waals surface area contributed by atoms with Gasteiger partial charge in [-0.25, -0.2) is 19.6 Å². The van der Waals surface area contributed by atoms with Gasteiger partial charge in [0.05, 0.1) is 36.3 Å². The van der Waals surface area contributed by atoms with E-state index in [2.05, 4.69) is 78.1 Å². The standard InChI is InChI=1S/C24H25N5O.C24H21N5O/c2*1-2-26-24(30)28-21-8-4-7-20(14-21)22-16-27-23-15-19(10-12-29(22)23)18-6-3-5-17(13-18)9-11-25/h3-8,10,12-16H,2,9,11,25H2,1H3,(H2,26,28,30);3-8,10,12-16H,2,9H2,1H3,(H2,26,28,30). The first-order chi connectivity index (χ1) is 29.3. The van der Waals surface area contributed by atoms with Crippen molar-refractivity contribution in [2.24, 2.45) is 5.73 Å². The number of nitrogens with two attached hydrogens (primary N) is 1. The Morgan fingerprint density at radius 1 is 0.600 bits per heavy atom. The van der Waals surface area contributed by atoms with Gasteiger partial charge in [0.1, 0.15) is 11.3 Å². The van der Waals surface area contributed by atoms with Gasteiger partial charge in [0, 0.05) is 48.0 Å². The molecule has 8 aromatic rings. The van der Waals surface area contributed by atoms with Gasteiger partial charge in [-0.2, -0.15) is 5.26 Å². The number of amides is 4. The third-order valence-electron chi connectivity index (χ3n) is 9.77. The molecule has 300 valence electrons. The Kier molecular flexibility index (Phi) is 12.9. The quantitative estimate of drug-likeness (QED) is 0.0876. The van der Waals surface area contributed by atoms with E-state index >= 15 is 0 Å². The molecule has 60 heavy (non-hydrogen) atoms. The van der Waals surface area contributed by atoms with Crippen molar-refractivity contribution in [2.75, 3.05) is 30.3 Å². The van der Waals surface area contributed by atoms with Crippen LogP contribution >= 0.6 is 0 Å². The Hall–Kier alpha value is -7.75. The molecule has 4 amide bonds. The molecule has 0 radical (unpaired) electrons. The zero-order valence-electron chi connectivity index (χ0n) is 33.5. The minimum absolute atomic E-state index is 0.214. The number of hydrogen-bond acceptors (Lipinski definition) is 6. The maximum absolute atomic E-state index is 11.8. The molecule has 4 heterocycles. The lowest BCUT2D eigenvalue weighted by Crippen LogP contribution is -2.28. The summed E-state index contributed by atoms with van der Waals surface area (Å²) in [6.07, 6.45) is 8.97. The van der Waals surface area contributed by atoms with Gasteiger partial charge in [0.25, 0.3) is 0 Å². The van der Waals surface area contributed by atoms with Crippen LogP contribution in [0.1, 0.15) is 25.0 Å². The van der Waals surface area contributed by atoms with Crippen molar-refractivity contribution in [2.45, 2.75) is 26.7 Å². The molecule has 0 spiro atoms. The Bertz CT molecular complexity index is 2820. The van der Waals surface area contributed by atoms with Crippen LogP contribution in [0.5, 0.6) is 0 Å². The number of rotatable bonds is 11. The molecule has 4 aromatic heterocycles. The van der Waals surface area contributed by atoms with Crippen LogP contribution in [0.3, 0.4) is 0 Å². The van der Waals surface area contributed by atoms with Crippen LogP contribution in [-0.2, 0) is 12.8 Å². The first-order valence-electron chi connectivity index (χ1n) is 19.9. The number of anilines is 2. The molecule has 0 fully saturated rings. The van der Waals surface area contributed by atoms with Crippen LogP contribution < -0.4 is 27.0 Å². The number of imidazole rings is 2. The highest BCUT2D eigenvalue weighted by Gasteiger charge is 2.12. The highest BCUT2D eigenvalue weighted by Crippen LogP contribution is 2.29. The second kappa shape index (κ2) is 19.1. The van der Waals surface area contributed by atoms with Gasteiger partial charge in [-0.1, -0.05) is 72.8 Å². The van der Waals surface area contributed by atoms with E-state index in [1.54, 1.807) is 0 Å². The smallest absolute Gasteiger partial charge is 0.319 e. The number of benzene rings is 4. The second-order valence-electron chi connectivity index (χ2n) is 14.0. The van der Waals surface area contributed by atoms with Crippen LogP contribution in [0.15, 0.2) is 146 Å². The van der Waals surface area contributed by atoms with E-state index in [1.165, 1.54) is 5.56 Å². The van der Waals surface area contributed by atoms with Crippen molar-refractivity contribution in [3.63, 3.8) is 0 Å². The lowest BCUT2D eigenvalue weighted by molar-refractivity contribution is 0.251. The number of nitrogens with zero attached hydrogens (tertiary/aromatic N) is 5. The van der Waals surface area contributed by atoms with Crippen molar-refractivity contribution in [3.05, 3.63) is 157 Å². The molecule has 12 heteroatoms. The molecule has 0 bridgehead atoms.